The van der Waals surface area contributed by atoms with Crippen LogP contribution in [0.2, 0.25) is 0 Å². The first kappa shape index (κ1) is 12.9. The third-order valence-corrected chi connectivity index (χ3v) is 4.18. The average molecular weight is 320 g/mol. The lowest BCUT2D eigenvalue weighted by molar-refractivity contribution is 0.787. The van der Waals surface area contributed by atoms with E-state index in [0.717, 1.165) is 23.1 Å². The normalized spacial score (nSPS) is 14.8. The molecule has 3 rings (SSSR count). The van der Waals surface area contributed by atoms with Crippen molar-refractivity contribution < 1.29 is 0 Å². The zero-order chi connectivity index (χ0) is 13.2. The van der Waals surface area contributed by atoms with Gasteiger partial charge in [0.15, 0.2) is 0 Å². The summed E-state index contributed by atoms with van der Waals surface area (Å²) in [7, 11) is 1.98. The Morgan fingerprint density at radius 1 is 1.32 bits per heavy atom. The summed E-state index contributed by atoms with van der Waals surface area (Å²) in [5.74, 6) is 0.681. The van der Waals surface area contributed by atoms with Crippen molar-refractivity contribution in [2.45, 2.75) is 25.2 Å². The Balaban J connectivity index is 1.86. The van der Waals surface area contributed by atoms with E-state index in [4.69, 9.17) is 0 Å². The fraction of sp³-hybridized carbons (Fsp3) is 0.400. The third-order valence-electron chi connectivity index (χ3n) is 3.57. The van der Waals surface area contributed by atoms with Gasteiger partial charge in [-0.15, -0.1) is 0 Å². The first-order chi connectivity index (χ1) is 9.29. The molecule has 0 amide bonds. The molecule has 1 fully saturated rings. The molecule has 2 aromatic rings. The molecular weight excluding hydrogens is 302 g/mol. The minimum Gasteiger partial charge on any atom is -0.319 e. The first-order valence-corrected chi connectivity index (χ1v) is 7.56. The second kappa shape index (κ2) is 5.47. The molecule has 1 aliphatic rings. The molecule has 1 saturated carbocycles. The van der Waals surface area contributed by atoms with Crippen molar-refractivity contribution in [1.82, 2.24) is 15.1 Å². The van der Waals surface area contributed by atoms with Crippen LogP contribution in [-0.2, 0) is 6.42 Å². The van der Waals surface area contributed by atoms with Crippen molar-refractivity contribution in [2.24, 2.45) is 0 Å². The van der Waals surface area contributed by atoms with Crippen LogP contribution in [0.15, 0.2) is 34.9 Å². The Labute approximate surface area is 122 Å². The molecule has 1 aliphatic carbocycles. The lowest BCUT2D eigenvalue weighted by Crippen LogP contribution is -2.10. The fourth-order valence-electron chi connectivity index (χ4n) is 2.34. The number of likely N-dealkylation sites (N-methyl/N-ethyl adjacent to an activating group) is 1. The summed E-state index contributed by atoms with van der Waals surface area (Å²) >= 11 is 3.61. The van der Waals surface area contributed by atoms with Crippen LogP contribution in [0, 0.1) is 0 Å². The maximum absolute atomic E-state index is 4.50. The minimum atomic E-state index is 0.681. The van der Waals surface area contributed by atoms with Gasteiger partial charge in [0.25, 0.3) is 0 Å². The summed E-state index contributed by atoms with van der Waals surface area (Å²) in [5.41, 5.74) is 3.83. The zero-order valence-corrected chi connectivity index (χ0v) is 12.7. The molecule has 1 aromatic heterocycles. The Morgan fingerprint density at radius 3 is 2.68 bits per heavy atom. The predicted molar refractivity (Wildman–Crippen MR) is 80.9 cm³/mol. The number of hydrogen-bond donors (Lipinski definition) is 1. The maximum atomic E-state index is 4.50. The van der Waals surface area contributed by atoms with Crippen LogP contribution in [0.1, 0.15) is 30.0 Å². The Hall–Kier alpha value is -1.13. The molecule has 1 N–H and O–H groups in total. The van der Waals surface area contributed by atoms with E-state index < -0.39 is 0 Å². The Kier molecular flexibility index (Phi) is 3.71. The van der Waals surface area contributed by atoms with E-state index in [0.29, 0.717) is 5.92 Å². The van der Waals surface area contributed by atoms with E-state index in [2.05, 4.69) is 55.3 Å². The van der Waals surface area contributed by atoms with E-state index in [-0.39, 0.29) is 0 Å². The summed E-state index contributed by atoms with van der Waals surface area (Å²) in [6.07, 6.45) is 5.53. The molecule has 19 heavy (non-hydrogen) atoms. The predicted octanol–water partition coefficient (Wildman–Crippen LogP) is 3.27. The quantitative estimate of drug-likeness (QED) is 0.916. The highest BCUT2D eigenvalue weighted by molar-refractivity contribution is 9.10. The SMILES string of the molecule is CNCCc1ccc(-n2ncc(Br)c2C2CC2)cc1. The lowest BCUT2D eigenvalue weighted by atomic mass is 10.1. The fourth-order valence-corrected chi connectivity index (χ4v) is 2.92. The van der Waals surface area contributed by atoms with Gasteiger partial charge >= 0.3 is 0 Å². The van der Waals surface area contributed by atoms with Gasteiger partial charge in [-0.3, -0.25) is 0 Å². The molecule has 1 aromatic carbocycles. The van der Waals surface area contributed by atoms with Gasteiger partial charge in [-0.05, 0) is 66.5 Å². The van der Waals surface area contributed by atoms with Crippen LogP contribution in [0.25, 0.3) is 5.69 Å². The monoisotopic (exact) mass is 319 g/mol. The first-order valence-electron chi connectivity index (χ1n) is 6.77. The molecule has 0 saturated heterocycles. The van der Waals surface area contributed by atoms with Gasteiger partial charge < -0.3 is 5.32 Å². The van der Waals surface area contributed by atoms with Gasteiger partial charge in [0, 0.05) is 5.92 Å². The van der Waals surface area contributed by atoms with Gasteiger partial charge in [-0.2, -0.15) is 5.10 Å². The molecule has 1 heterocycles. The van der Waals surface area contributed by atoms with Gasteiger partial charge in [0.05, 0.1) is 22.1 Å². The molecule has 0 aliphatic heterocycles. The summed E-state index contributed by atoms with van der Waals surface area (Å²) < 4.78 is 3.21. The number of aromatic nitrogens is 2. The van der Waals surface area contributed by atoms with Crippen LogP contribution < -0.4 is 5.32 Å². The third kappa shape index (κ3) is 2.74. The van der Waals surface area contributed by atoms with Crippen molar-refractivity contribution >= 4 is 15.9 Å². The van der Waals surface area contributed by atoms with Crippen molar-refractivity contribution in [3.63, 3.8) is 0 Å². The van der Waals surface area contributed by atoms with Crippen molar-refractivity contribution in [3.8, 4) is 5.69 Å². The van der Waals surface area contributed by atoms with Crippen molar-refractivity contribution in [3.05, 3.63) is 46.2 Å². The lowest BCUT2D eigenvalue weighted by Gasteiger charge is -2.08. The van der Waals surface area contributed by atoms with Gasteiger partial charge in [0.1, 0.15) is 0 Å². The number of benzene rings is 1. The van der Waals surface area contributed by atoms with Gasteiger partial charge in [-0.1, -0.05) is 12.1 Å². The van der Waals surface area contributed by atoms with E-state index >= 15 is 0 Å². The molecule has 0 unspecified atom stereocenters. The maximum Gasteiger partial charge on any atom is 0.0649 e. The molecule has 100 valence electrons. The number of nitrogens with one attached hydrogen (secondary N) is 1. The number of hydrogen-bond acceptors (Lipinski definition) is 2. The smallest absolute Gasteiger partial charge is 0.0649 e. The minimum absolute atomic E-state index is 0.681. The summed E-state index contributed by atoms with van der Waals surface area (Å²) in [4.78, 5) is 0. The van der Waals surface area contributed by atoms with E-state index in [9.17, 15) is 0 Å². The molecule has 0 atom stereocenters. The Morgan fingerprint density at radius 2 is 2.05 bits per heavy atom. The molecule has 0 spiro atoms. The topological polar surface area (TPSA) is 29.9 Å². The van der Waals surface area contributed by atoms with E-state index in [1.807, 2.05) is 13.2 Å². The van der Waals surface area contributed by atoms with Gasteiger partial charge in [0.2, 0.25) is 0 Å². The van der Waals surface area contributed by atoms with Crippen LogP contribution in [0.4, 0.5) is 0 Å². The summed E-state index contributed by atoms with van der Waals surface area (Å²) in [6.45, 7) is 1.01. The van der Waals surface area contributed by atoms with Crippen LogP contribution in [0.3, 0.4) is 0 Å². The molecular formula is C15H18BrN3. The van der Waals surface area contributed by atoms with E-state index in [1.165, 1.54) is 24.1 Å². The number of rotatable bonds is 5. The average Bonchev–Trinajstić information content (AvgIpc) is 3.20. The van der Waals surface area contributed by atoms with Crippen molar-refractivity contribution in [2.75, 3.05) is 13.6 Å². The summed E-state index contributed by atoms with van der Waals surface area (Å²) in [6, 6.07) is 8.71. The van der Waals surface area contributed by atoms with Crippen molar-refractivity contribution in [1.29, 1.82) is 0 Å². The van der Waals surface area contributed by atoms with Gasteiger partial charge in [-0.25, -0.2) is 4.68 Å². The highest BCUT2D eigenvalue weighted by Gasteiger charge is 2.30. The zero-order valence-electron chi connectivity index (χ0n) is 11.1. The van der Waals surface area contributed by atoms with Crippen LogP contribution in [-0.4, -0.2) is 23.4 Å². The number of halogens is 1. The molecule has 0 bridgehead atoms. The van der Waals surface area contributed by atoms with Crippen LogP contribution in [0.5, 0.6) is 0 Å². The van der Waals surface area contributed by atoms with E-state index in [1.54, 1.807) is 0 Å². The second-order valence-electron chi connectivity index (χ2n) is 5.08. The molecule has 0 radical (unpaired) electrons. The molecule has 3 nitrogen and oxygen atoms in total. The number of nitrogens with zero attached hydrogens (tertiary/aromatic N) is 2. The standard InChI is InChI=1S/C15H18BrN3/c1-17-9-8-11-2-6-13(7-3-11)19-15(12-4-5-12)14(16)10-18-19/h2-3,6-7,10,12,17H,4-5,8-9H2,1H3. The summed E-state index contributed by atoms with van der Waals surface area (Å²) in [5, 5.41) is 7.67. The molecule has 4 heteroatoms. The highest BCUT2D eigenvalue weighted by atomic mass is 79.9. The Bertz CT molecular complexity index is 555. The van der Waals surface area contributed by atoms with Crippen LogP contribution >= 0.6 is 15.9 Å². The largest absolute Gasteiger partial charge is 0.319 e. The second-order valence-corrected chi connectivity index (χ2v) is 5.94. The highest BCUT2D eigenvalue weighted by Crippen LogP contribution is 2.43.